The van der Waals surface area contributed by atoms with Gasteiger partial charge in [0.1, 0.15) is 24.7 Å². The molecule has 0 aliphatic carbocycles. The molecule has 0 unspecified atom stereocenters. The van der Waals surface area contributed by atoms with Gasteiger partial charge in [0.05, 0.1) is 12.7 Å². The standard InChI is InChI=1S/C18H18N2O4/c1-21-12-17-19-20-18(24-17)15-9-8-14(10-16(15)22-2)23-11-13-6-4-3-5-7-13/h3-10H,11-12H2,1-2H3. The molecule has 0 fully saturated rings. The van der Waals surface area contributed by atoms with Crippen molar-refractivity contribution in [2.24, 2.45) is 0 Å². The first-order valence-electron chi connectivity index (χ1n) is 7.46. The summed E-state index contributed by atoms with van der Waals surface area (Å²) >= 11 is 0. The number of ether oxygens (including phenoxy) is 3. The number of aromatic nitrogens is 2. The minimum atomic E-state index is 0.271. The number of benzene rings is 2. The van der Waals surface area contributed by atoms with Gasteiger partial charge < -0.3 is 18.6 Å². The molecular weight excluding hydrogens is 308 g/mol. The molecule has 6 heteroatoms. The summed E-state index contributed by atoms with van der Waals surface area (Å²) in [5, 5.41) is 7.95. The summed E-state index contributed by atoms with van der Waals surface area (Å²) in [6.07, 6.45) is 0. The molecule has 0 radical (unpaired) electrons. The molecule has 2 aromatic carbocycles. The van der Waals surface area contributed by atoms with Crippen LogP contribution in [0.4, 0.5) is 0 Å². The summed E-state index contributed by atoms with van der Waals surface area (Å²) in [5.74, 6) is 2.11. The number of hydrogen-bond donors (Lipinski definition) is 0. The van der Waals surface area contributed by atoms with Crippen LogP contribution in [0.1, 0.15) is 11.5 Å². The van der Waals surface area contributed by atoms with E-state index < -0.39 is 0 Å². The number of nitrogens with zero attached hydrogens (tertiary/aromatic N) is 2. The lowest BCUT2D eigenvalue weighted by Crippen LogP contribution is -1.96. The van der Waals surface area contributed by atoms with E-state index in [0.29, 0.717) is 35.5 Å². The van der Waals surface area contributed by atoms with E-state index in [4.69, 9.17) is 18.6 Å². The van der Waals surface area contributed by atoms with Gasteiger partial charge >= 0.3 is 0 Å². The minimum absolute atomic E-state index is 0.271. The van der Waals surface area contributed by atoms with Crippen molar-refractivity contribution in [2.45, 2.75) is 13.2 Å². The monoisotopic (exact) mass is 326 g/mol. The first-order chi connectivity index (χ1) is 11.8. The average molecular weight is 326 g/mol. The highest BCUT2D eigenvalue weighted by molar-refractivity contribution is 5.64. The van der Waals surface area contributed by atoms with Crippen molar-refractivity contribution in [3.05, 3.63) is 60.0 Å². The fourth-order valence-electron chi connectivity index (χ4n) is 2.22. The number of hydrogen-bond acceptors (Lipinski definition) is 6. The van der Waals surface area contributed by atoms with Gasteiger partial charge in [-0.05, 0) is 17.7 Å². The van der Waals surface area contributed by atoms with Crippen molar-refractivity contribution in [3.63, 3.8) is 0 Å². The molecule has 0 N–H and O–H groups in total. The Bertz CT molecular complexity index is 787. The zero-order valence-electron chi connectivity index (χ0n) is 13.6. The van der Waals surface area contributed by atoms with Gasteiger partial charge in [-0.15, -0.1) is 10.2 Å². The highest BCUT2D eigenvalue weighted by Crippen LogP contribution is 2.32. The van der Waals surface area contributed by atoms with Gasteiger partial charge in [-0.25, -0.2) is 0 Å². The van der Waals surface area contributed by atoms with Gasteiger partial charge in [0.2, 0.25) is 5.89 Å². The molecule has 0 aliphatic heterocycles. The van der Waals surface area contributed by atoms with E-state index in [0.717, 1.165) is 5.56 Å². The van der Waals surface area contributed by atoms with Gasteiger partial charge in [0.15, 0.2) is 0 Å². The van der Waals surface area contributed by atoms with Gasteiger partial charge in [0, 0.05) is 13.2 Å². The topological polar surface area (TPSA) is 66.6 Å². The number of rotatable bonds is 7. The fraction of sp³-hybridized carbons (Fsp3) is 0.222. The van der Waals surface area contributed by atoms with Gasteiger partial charge in [-0.3, -0.25) is 0 Å². The van der Waals surface area contributed by atoms with Crippen LogP contribution in [0.25, 0.3) is 11.5 Å². The van der Waals surface area contributed by atoms with E-state index in [2.05, 4.69) is 10.2 Å². The van der Waals surface area contributed by atoms with Crippen LogP contribution in [-0.2, 0) is 18.0 Å². The van der Waals surface area contributed by atoms with Gasteiger partial charge in [0.25, 0.3) is 5.89 Å². The maximum absolute atomic E-state index is 5.80. The van der Waals surface area contributed by atoms with Crippen LogP contribution in [0.3, 0.4) is 0 Å². The second kappa shape index (κ2) is 7.61. The first kappa shape index (κ1) is 16.0. The molecule has 0 bridgehead atoms. The van der Waals surface area contributed by atoms with Crippen LogP contribution < -0.4 is 9.47 Å². The smallest absolute Gasteiger partial charge is 0.251 e. The van der Waals surface area contributed by atoms with Crippen LogP contribution in [-0.4, -0.2) is 24.4 Å². The molecule has 0 saturated heterocycles. The lowest BCUT2D eigenvalue weighted by Gasteiger charge is -2.10. The van der Waals surface area contributed by atoms with E-state index in [1.807, 2.05) is 42.5 Å². The fourth-order valence-corrected chi connectivity index (χ4v) is 2.22. The molecule has 1 heterocycles. The number of methoxy groups -OCH3 is 2. The molecule has 6 nitrogen and oxygen atoms in total. The third kappa shape index (κ3) is 3.72. The summed E-state index contributed by atoms with van der Waals surface area (Å²) < 4.78 is 21.8. The molecule has 0 spiro atoms. The second-order valence-electron chi connectivity index (χ2n) is 5.07. The highest BCUT2D eigenvalue weighted by Gasteiger charge is 2.14. The molecule has 1 aromatic heterocycles. The van der Waals surface area contributed by atoms with Gasteiger partial charge in [-0.2, -0.15) is 0 Å². The minimum Gasteiger partial charge on any atom is -0.496 e. The first-order valence-corrected chi connectivity index (χ1v) is 7.46. The third-order valence-corrected chi connectivity index (χ3v) is 3.39. The second-order valence-corrected chi connectivity index (χ2v) is 5.07. The summed E-state index contributed by atoms with van der Waals surface area (Å²) in [5.41, 5.74) is 1.81. The summed E-state index contributed by atoms with van der Waals surface area (Å²) in [4.78, 5) is 0. The molecule has 0 amide bonds. The molecule has 3 rings (SSSR count). The van der Waals surface area contributed by atoms with Crippen LogP contribution >= 0.6 is 0 Å². The predicted molar refractivity (Wildman–Crippen MR) is 87.8 cm³/mol. The van der Waals surface area contributed by atoms with Crippen molar-refractivity contribution in [1.29, 1.82) is 0 Å². The van der Waals surface area contributed by atoms with E-state index in [-0.39, 0.29) is 6.61 Å². The van der Waals surface area contributed by atoms with Crippen LogP contribution in [0.5, 0.6) is 11.5 Å². The quantitative estimate of drug-likeness (QED) is 0.662. The van der Waals surface area contributed by atoms with Crippen LogP contribution in [0, 0.1) is 0 Å². The Labute approximate surface area is 140 Å². The van der Waals surface area contributed by atoms with E-state index >= 15 is 0 Å². The Morgan fingerprint density at radius 3 is 2.54 bits per heavy atom. The SMILES string of the molecule is COCc1nnc(-c2ccc(OCc3ccccc3)cc2OC)o1. The molecule has 24 heavy (non-hydrogen) atoms. The highest BCUT2D eigenvalue weighted by atomic mass is 16.5. The van der Waals surface area contributed by atoms with Crippen molar-refractivity contribution in [1.82, 2.24) is 10.2 Å². The Kier molecular flexibility index (Phi) is 5.08. The summed E-state index contributed by atoms with van der Waals surface area (Å²) in [6, 6.07) is 15.5. The largest absolute Gasteiger partial charge is 0.496 e. The average Bonchev–Trinajstić information content (AvgIpc) is 3.09. The maximum atomic E-state index is 5.80. The summed E-state index contributed by atoms with van der Waals surface area (Å²) in [6.45, 7) is 0.759. The zero-order chi connectivity index (χ0) is 16.8. The molecule has 0 saturated carbocycles. The lowest BCUT2D eigenvalue weighted by atomic mass is 10.2. The van der Waals surface area contributed by atoms with Crippen LogP contribution in [0.2, 0.25) is 0 Å². The van der Waals surface area contributed by atoms with Crippen molar-refractivity contribution in [2.75, 3.05) is 14.2 Å². The maximum Gasteiger partial charge on any atom is 0.251 e. The Hall–Kier alpha value is -2.86. The van der Waals surface area contributed by atoms with E-state index in [1.54, 1.807) is 20.3 Å². The Morgan fingerprint density at radius 2 is 1.79 bits per heavy atom. The van der Waals surface area contributed by atoms with Crippen molar-refractivity contribution >= 4 is 0 Å². The third-order valence-electron chi connectivity index (χ3n) is 3.39. The Morgan fingerprint density at radius 1 is 0.958 bits per heavy atom. The van der Waals surface area contributed by atoms with E-state index in [9.17, 15) is 0 Å². The van der Waals surface area contributed by atoms with Crippen molar-refractivity contribution in [3.8, 4) is 23.0 Å². The van der Waals surface area contributed by atoms with E-state index in [1.165, 1.54) is 0 Å². The molecule has 3 aromatic rings. The molecular formula is C18H18N2O4. The lowest BCUT2D eigenvalue weighted by molar-refractivity contribution is 0.160. The molecule has 0 aliphatic rings. The molecule has 0 atom stereocenters. The van der Waals surface area contributed by atoms with Gasteiger partial charge in [-0.1, -0.05) is 30.3 Å². The van der Waals surface area contributed by atoms with Crippen molar-refractivity contribution < 1.29 is 18.6 Å². The molecule has 124 valence electrons. The Balaban J connectivity index is 1.77. The predicted octanol–water partition coefficient (Wildman–Crippen LogP) is 3.47. The zero-order valence-corrected chi connectivity index (χ0v) is 13.6. The summed E-state index contributed by atoms with van der Waals surface area (Å²) in [7, 11) is 3.16. The normalized spacial score (nSPS) is 10.6. The van der Waals surface area contributed by atoms with Crippen LogP contribution in [0.15, 0.2) is 52.9 Å².